The molecular weight excluding hydrogens is 316 g/mol. The summed E-state index contributed by atoms with van der Waals surface area (Å²) in [5.74, 6) is -0.689. The summed E-state index contributed by atoms with van der Waals surface area (Å²) in [7, 11) is -2.35. The molecule has 124 valence electrons. The van der Waals surface area contributed by atoms with E-state index in [1.807, 2.05) is 37.3 Å². The number of nitrogens with zero attached hydrogens (tertiary/aromatic N) is 1. The lowest BCUT2D eigenvalue weighted by Gasteiger charge is -2.08. The molecule has 0 aliphatic heterocycles. The second-order valence-corrected chi connectivity index (χ2v) is 6.54. The molecule has 0 saturated heterocycles. The molecule has 0 fully saturated rings. The summed E-state index contributed by atoms with van der Waals surface area (Å²) in [4.78, 5) is 12.3. The summed E-state index contributed by atoms with van der Waals surface area (Å²) < 4.78 is 31.0. The van der Waals surface area contributed by atoms with Gasteiger partial charge in [-0.2, -0.15) is 0 Å². The summed E-state index contributed by atoms with van der Waals surface area (Å²) in [5, 5.41) is 5.38. The fourth-order valence-corrected chi connectivity index (χ4v) is 3.81. The number of nitrogens with two attached hydrogens (primary N) is 1. The maximum absolute atomic E-state index is 12.4. The molecule has 0 atom stereocenters. The van der Waals surface area contributed by atoms with Crippen molar-refractivity contribution < 1.29 is 17.9 Å². The number of carbonyl (C=O) groups excluding carboxylic acids is 1. The van der Waals surface area contributed by atoms with Gasteiger partial charge in [-0.05, 0) is 18.9 Å². The average Bonchev–Trinajstić information content (AvgIpc) is 2.81. The average molecular weight is 336 g/mol. The highest BCUT2D eigenvalue weighted by Gasteiger charge is 2.32. The minimum atomic E-state index is -4.07. The highest BCUT2D eigenvalue weighted by atomic mass is 32.2. The van der Waals surface area contributed by atoms with Crippen LogP contribution in [0.5, 0.6) is 0 Å². The summed E-state index contributed by atoms with van der Waals surface area (Å²) >= 11 is 0. The normalized spacial score (nSPS) is 11.5. The zero-order valence-electron chi connectivity index (χ0n) is 13.4. The molecule has 6 nitrogen and oxygen atoms in total. The number of aromatic nitrogens is 1. The van der Waals surface area contributed by atoms with Crippen molar-refractivity contribution in [2.24, 2.45) is 12.2 Å². The third-order valence-corrected chi connectivity index (χ3v) is 4.62. The van der Waals surface area contributed by atoms with Crippen LogP contribution in [-0.2, 0) is 28.2 Å². The van der Waals surface area contributed by atoms with Crippen molar-refractivity contribution in [3.63, 3.8) is 0 Å². The van der Waals surface area contributed by atoms with Crippen molar-refractivity contribution in [3.05, 3.63) is 41.6 Å². The number of hydrogen-bond donors (Lipinski definition) is 1. The molecular formula is C16H20N2O4S. The van der Waals surface area contributed by atoms with E-state index in [9.17, 15) is 13.2 Å². The van der Waals surface area contributed by atoms with Crippen LogP contribution in [0.3, 0.4) is 0 Å². The summed E-state index contributed by atoms with van der Waals surface area (Å²) in [5.41, 5.74) is 1.70. The minimum Gasteiger partial charge on any atom is -0.462 e. The van der Waals surface area contributed by atoms with Crippen LogP contribution in [0, 0.1) is 0 Å². The maximum atomic E-state index is 12.4. The Hall–Kier alpha value is -2.12. The Morgan fingerprint density at radius 2 is 1.83 bits per heavy atom. The molecule has 0 saturated carbocycles. The van der Waals surface area contributed by atoms with Crippen LogP contribution in [0.25, 0.3) is 11.3 Å². The van der Waals surface area contributed by atoms with E-state index in [1.165, 1.54) is 0 Å². The lowest BCUT2D eigenvalue weighted by atomic mass is 10.1. The van der Waals surface area contributed by atoms with Crippen molar-refractivity contribution in [1.29, 1.82) is 0 Å². The van der Waals surface area contributed by atoms with Crippen molar-refractivity contribution in [1.82, 2.24) is 4.57 Å². The zero-order chi connectivity index (χ0) is 17.2. The Kier molecular flexibility index (Phi) is 4.91. The monoisotopic (exact) mass is 336 g/mol. The third kappa shape index (κ3) is 3.16. The molecule has 2 aromatic rings. The molecule has 0 aliphatic rings. The van der Waals surface area contributed by atoms with Gasteiger partial charge >= 0.3 is 5.97 Å². The predicted molar refractivity (Wildman–Crippen MR) is 87.6 cm³/mol. The molecule has 0 unspecified atom stereocenters. The van der Waals surface area contributed by atoms with E-state index in [1.54, 1.807) is 18.5 Å². The van der Waals surface area contributed by atoms with Gasteiger partial charge in [-0.1, -0.05) is 37.3 Å². The van der Waals surface area contributed by atoms with Gasteiger partial charge in [0.15, 0.2) is 0 Å². The van der Waals surface area contributed by atoms with Crippen molar-refractivity contribution >= 4 is 16.0 Å². The number of sulfonamides is 1. The van der Waals surface area contributed by atoms with Crippen LogP contribution in [0.15, 0.2) is 35.2 Å². The first kappa shape index (κ1) is 17.2. The van der Waals surface area contributed by atoms with Crippen LogP contribution >= 0.6 is 0 Å². The largest absolute Gasteiger partial charge is 0.462 e. The maximum Gasteiger partial charge on any atom is 0.341 e. The van der Waals surface area contributed by atoms with Gasteiger partial charge in [0.05, 0.1) is 12.3 Å². The van der Waals surface area contributed by atoms with Gasteiger partial charge in [0.1, 0.15) is 10.5 Å². The van der Waals surface area contributed by atoms with Crippen LogP contribution in [0.4, 0.5) is 0 Å². The van der Waals surface area contributed by atoms with Gasteiger partial charge in [0, 0.05) is 12.7 Å². The molecule has 0 bridgehead atoms. The number of benzene rings is 1. The van der Waals surface area contributed by atoms with E-state index in [2.05, 4.69) is 0 Å². The Balaban J connectivity index is 2.91. The molecule has 0 aliphatic carbocycles. The van der Waals surface area contributed by atoms with Gasteiger partial charge in [-0.15, -0.1) is 0 Å². The van der Waals surface area contributed by atoms with Crippen LogP contribution in [0.2, 0.25) is 0 Å². The Bertz CT molecular complexity index is 824. The van der Waals surface area contributed by atoms with Crippen LogP contribution in [-0.4, -0.2) is 25.6 Å². The quantitative estimate of drug-likeness (QED) is 0.846. The van der Waals surface area contributed by atoms with E-state index < -0.39 is 16.0 Å². The van der Waals surface area contributed by atoms with E-state index in [4.69, 9.17) is 9.88 Å². The van der Waals surface area contributed by atoms with Gasteiger partial charge < -0.3 is 9.30 Å². The number of esters is 1. The Morgan fingerprint density at radius 3 is 2.30 bits per heavy atom. The third-order valence-electron chi connectivity index (χ3n) is 3.61. The molecule has 1 aromatic carbocycles. The fraction of sp³-hybridized carbons (Fsp3) is 0.312. The van der Waals surface area contributed by atoms with Crippen molar-refractivity contribution in [3.8, 4) is 11.3 Å². The smallest absolute Gasteiger partial charge is 0.341 e. The Morgan fingerprint density at radius 1 is 1.22 bits per heavy atom. The van der Waals surface area contributed by atoms with Crippen molar-refractivity contribution in [2.45, 2.75) is 25.2 Å². The van der Waals surface area contributed by atoms with E-state index in [-0.39, 0.29) is 17.1 Å². The second kappa shape index (κ2) is 6.55. The number of primary sulfonamides is 1. The number of ether oxygens (including phenoxy) is 1. The SMILES string of the molecule is CCOC(=O)c1c(S(N)(=O)=O)c(CC)n(C)c1-c1ccccc1. The number of hydrogen-bond acceptors (Lipinski definition) is 4. The van der Waals surface area contributed by atoms with Crippen LogP contribution in [0.1, 0.15) is 29.9 Å². The van der Waals surface area contributed by atoms with Crippen LogP contribution < -0.4 is 5.14 Å². The first-order valence-electron chi connectivity index (χ1n) is 7.29. The lowest BCUT2D eigenvalue weighted by Crippen LogP contribution is -2.18. The zero-order valence-corrected chi connectivity index (χ0v) is 14.2. The molecule has 1 heterocycles. The first-order chi connectivity index (χ1) is 10.8. The topological polar surface area (TPSA) is 91.4 Å². The molecule has 0 spiro atoms. The van der Waals surface area contributed by atoms with E-state index in [0.717, 1.165) is 5.56 Å². The molecule has 23 heavy (non-hydrogen) atoms. The highest BCUT2D eigenvalue weighted by Crippen LogP contribution is 2.34. The molecule has 7 heteroatoms. The highest BCUT2D eigenvalue weighted by molar-refractivity contribution is 7.89. The van der Waals surface area contributed by atoms with Gasteiger partial charge in [-0.25, -0.2) is 18.4 Å². The number of rotatable bonds is 5. The van der Waals surface area contributed by atoms with Gasteiger partial charge in [0.25, 0.3) is 0 Å². The molecule has 2 N–H and O–H groups in total. The minimum absolute atomic E-state index is 0.0000926. The van der Waals surface area contributed by atoms with E-state index >= 15 is 0 Å². The molecule has 2 rings (SSSR count). The standard InChI is InChI=1S/C16H20N2O4S/c1-4-12-15(23(17,20)21)13(16(19)22-5-2)14(18(12)3)11-9-7-6-8-10-11/h6-10H,4-5H2,1-3H3,(H2,17,20,21). The summed E-state index contributed by atoms with van der Waals surface area (Å²) in [6.45, 7) is 3.63. The summed E-state index contributed by atoms with van der Waals surface area (Å²) in [6, 6.07) is 9.10. The molecule has 1 aromatic heterocycles. The molecule has 0 amide bonds. The fourth-order valence-electron chi connectivity index (χ4n) is 2.74. The number of carbonyl (C=O) groups is 1. The van der Waals surface area contributed by atoms with Gasteiger partial charge in [0.2, 0.25) is 10.0 Å². The summed E-state index contributed by atoms with van der Waals surface area (Å²) in [6.07, 6.45) is 0.418. The Labute approximate surface area is 135 Å². The molecule has 0 radical (unpaired) electrons. The predicted octanol–water partition coefficient (Wildman–Crippen LogP) is 2.08. The first-order valence-corrected chi connectivity index (χ1v) is 8.84. The van der Waals surface area contributed by atoms with E-state index in [0.29, 0.717) is 17.8 Å². The van der Waals surface area contributed by atoms with Gasteiger partial charge in [-0.3, -0.25) is 0 Å². The lowest BCUT2D eigenvalue weighted by molar-refractivity contribution is 0.0523. The second-order valence-electron chi connectivity index (χ2n) is 5.04. The van der Waals surface area contributed by atoms with Crippen molar-refractivity contribution in [2.75, 3.05) is 6.61 Å².